The molecule has 0 fully saturated rings. The van der Waals surface area contributed by atoms with Gasteiger partial charge in [-0.25, -0.2) is 0 Å². The molecule has 0 saturated heterocycles. The van der Waals surface area contributed by atoms with Crippen molar-refractivity contribution in [1.82, 2.24) is 4.90 Å². The van der Waals surface area contributed by atoms with E-state index in [0.29, 0.717) is 0 Å². The molecular weight excluding hydrogens is 98.1 g/mol. The summed E-state index contributed by atoms with van der Waals surface area (Å²) in [5.41, 5.74) is 0. The fourth-order valence-electron chi connectivity index (χ4n) is 0.224. The highest BCUT2D eigenvalue weighted by Crippen LogP contribution is 1.73. The molecule has 0 atom stereocenters. The van der Waals surface area contributed by atoms with E-state index in [9.17, 15) is 0 Å². The first-order valence-corrected chi connectivity index (χ1v) is 3.20. The quantitative estimate of drug-likeness (QED) is 0.531. The van der Waals surface area contributed by atoms with Crippen LogP contribution in [0.25, 0.3) is 0 Å². The second-order valence-electron chi connectivity index (χ2n) is 1.49. The molecule has 0 rings (SSSR count). The van der Waals surface area contributed by atoms with E-state index < -0.39 is 0 Å². The highest BCUT2D eigenvalue weighted by atomic mass is 15.1. The summed E-state index contributed by atoms with van der Waals surface area (Å²) in [5.74, 6) is 0. The van der Waals surface area contributed by atoms with Gasteiger partial charge in [-0.15, -0.1) is 0 Å². The minimum Gasteiger partial charge on any atom is -0.307 e. The fourth-order valence-corrected chi connectivity index (χ4v) is 0.224. The maximum absolute atomic E-state index is 3.25. The molecule has 0 N–H and O–H groups in total. The summed E-state index contributed by atoms with van der Waals surface area (Å²) in [6.07, 6.45) is 0. The van der Waals surface area contributed by atoms with Gasteiger partial charge in [0.2, 0.25) is 0 Å². The Morgan fingerprint density at radius 2 is 1.38 bits per heavy atom. The van der Waals surface area contributed by atoms with Gasteiger partial charge in [-0.05, 0) is 20.1 Å². The third kappa shape index (κ3) is 9.35. The molecule has 0 bridgehead atoms. The van der Waals surface area contributed by atoms with Crippen molar-refractivity contribution in [1.29, 1.82) is 0 Å². The molecule has 0 aromatic carbocycles. The molecular formula is C7H18N. The maximum atomic E-state index is 3.25. The summed E-state index contributed by atoms with van der Waals surface area (Å²) in [6.45, 7) is 11.6. The van der Waals surface area contributed by atoms with Crippen molar-refractivity contribution in [3.63, 3.8) is 0 Å². The first kappa shape index (κ1) is 10.9. The van der Waals surface area contributed by atoms with Gasteiger partial charge >= 0.3 is 0 Å². The van der Waals surface area contributed by atoms with E-state index in [-0.39, 0.29) is 0 Å². The average molecular weight is 116 g/mol. The molecule has 0 aliphatic carbocycles. The average Bonchev–Trinajstić information content (AvgIpc) is 1.91. The van der Waals surface area contributed by atoms with Crippen LogP contribution in [-0.2, 0) is 0 Å². The Balaban J connectivity index is 0. The highest BCUT2D eigenvalue weighted by Gasteiger charge is 1.81. The molecule has 0 amide bonds. The van der Waals surface area contributed by atoms with Crippen molar-refractivity contribution >= 4 is 0 Å². The maximum Gasteiger partial charge on any atom is -0.00504 e. The molecule has 1 nitrogen and oxygen atoms in total. The largest absolute Gasteiger partial charge is 0.307 e. The summed E-state index contributed by atoms with van der Waals surface area (Å²) < 4.78 is 0. The summed E-state index contributed by atoms with van der Waals surface area (Å²) in [6, 6.07) is 0. The van der Waals surface area contributed by atoms with E-state index in [2.05, 4.69) is 32.7 Å². The van der Waals surface area contributed by atoms with Crippen molar-refractivity contribution in [3.05, 3.63) is 6.92 Å². The van der Waals surface area contributed by atoms with Gasteiger partial charge in [0.1, 0.15) is 0 Å². The van der Waals surface area contributed by atoms with Crippen molar-refractivity contribution in [2.75, 3.05) is 20.1 Å². The second kappa shape index (κ2) is 10.0. The van der Waals surface area contributed by atoms with Crippen LogP contribution in [0, 0.1) is 6.92 Å². The third-order valence-corrected chi connectivity index (χ3v) is 1.08. The summed E-state index contributed by atoms with van der Waals surface area (Å²) in [5, 5.41) is 0. The molecule has 0 aliphatic rings. The van der Waals surface area contributed by atoms with Gasteiger partial charge < -0.3 is 4.90 Å². The van der Waals surface area contributed by atoms with Crippen molar-refractivity contribution in [3.8, 4) is 0 Å². The number of hydrogen-bond donors (Lipinski definition) is 0. The van der Waals surface area contributed by atoms with Crippen LogP contribution >= 0.6 is 0 Å². The minimum atomic E-state index is 1.16. The van der Waals surface area contributed by atoms with Gasteiger partial charge in [-0.3, -0.25) is 0 Å². The Labute approximate surface area is 53.7 Å². The van der Waals surface area contributed by atoms with Crippen molar-refractivity contribution < 1.29 is 0 Å². The van der Waals surface area contributed by atoms with Gasteiger partial charge in [0.25, 0.3) is 0 Å². The van der Waals surface area contributed by atoms with Gasteiger partial charge in [0.05, 0.1) is 0 Å². The lowest BCUT2D eigenvalue weighted by Gasteiger charge is -2.07. The Morgan fingerprint density at radius 3 is 1.38 bits per heavy atom. The van der Waals surface area contributed by atoms with Crippen molar-refractivity contribution in [2.45, 2.75) is 20.8 Å². The fraction of sp³-hybridized carbons (Fsp3) is 0.857. The second-order valence-corrected chi connectivity index (χ2v) is 1.49. The summed E-state index contributed by atoms with van der Waals surface area (Å²) in [4.78, 5) is 2.25. The van der Waals surface area contributed by atoms with Crippen LogP contribution in [0.5, 0.6) is 0 Å². The lowest BCUT2D eigenvalue weighted by molar-refractivity contribution is 0.373. The van der Waals surface area contributed by atoms with E-state index in [1.165, 1.54) is 0 Å². The van der Waals surface area contributed by atoms with Crippen LogP contribution in [0.4, 0.5) is 0 Å². The summed E-state index contributed by atoms with van der Waals surface area (Å²) in [7, 11) is 2.11. The number of nitrogens with zero attached hydrogens (tertiary/aromatic N) is 1. The van der Waals surface area contributed by atoms with Gasteiger partial charge in [-0.1, -0.05) is 27.7 Å². The molecule has 1 radical (unpaired) electrons. The summed E-state index contributed by atoms with van der Waals surface area (Å²) >= 11 is 0. The molecule has 51 valence electrons. The zero-order valence-corrected chi connectivity index (χ0v) is 6.57. The third-order valence-electron chi connectivity index (χ3n) is 1.08. The number of rotatable bonds is 2. The molecule has 0 heterocycles. The highest BCUT2D eigenvalue weighted by molar-refractivity contribution is 4.36. The molecule has 0 aromatic rings. The SMILES string of the molecule is CCN(C)CC.[CH2]C. The van der Waals surface area contributed by atoms with Crippen LogP contribution in [0.15, 0.2) is 0 Å². The van der Waals surface area contributed by atoms with Crippen LogP contribution in [0.3, 0.4) is 0 Å². The lowest BCUT2D eigenvalue weighted by atomic mass is 10.6. The monoisotopic (exact) mass is 116 g/mol. The van der Waals surface area contributed by atoms with E-state index >= 15 is 0 Å². The van der Waals surface area contributed by atoms with Crippen LogP contribution in [0.2, 0.25) is 0 Å². The smallest absolute Gasteiger partial charge is 0.00504 e. The predicted molar refractivity (Wildman–Crippen MR) is 39.9 cm³/mol. The molecule has 0 aliphatic heterocycles. The Morgan fingerprint density at radius 1 is 1.12 bits per heavy atom. The van der Waals surface area contributed by atoms with Crippen LogP contribution < -0.4 is 0 Å². The first-order valence-electron chi connectivity index (χ1n) is 3.20. The number of hydrogen-bond acceptors (Lipinski definition) is 1. The molecule has 1 heteroatoms. The normalized spacial score (nSPS) is 8.25. The molecule has 0 saturated carbocycles. The van der Waals surface area contributed by atoms with Gasteiger partial charge in [0.15, 0.2) is 0 Å². The Bertz CT molecular complexity index is 23.6. The van der Waals surface area contributed by atoms with E-state index in [1.54, 1.807) is 6.92 Å². The molecule has 0 spiro atoms. The molecule has 0 aromatic heterocycles. The van der Waals surface area contributed by atoms with Crippen molar-refractivity contribution in [2.24, 2.45) is 0 Å². The lowest BCUT2D eigenvalue weighted by Crippen LogP contribution is -2.15. The minimum absolute atomic E-state index is 1.16. The topological polar surface area (TPSA) is 3.24 Å². The Hall–Kier alpha value is -0.0400. The van der Waals surface area contributed by atoms with Gasteiger partial charge in [-0.2, -0.15) is 0 Å². The molecule has 8 heavy (non-hydrogen) atoms. The van der Waals surface area contributed by atoms with Crippen LogP contribution in [0.1, 0.15) is 20.8 Å². The zero-order chi connectivity index (χ0) is 6.99. The predicted octanol–water partition coefficient (Wildman–Crippen LogP) is 1.80. The van der Waals surface area contributed by atoms with E-state index in [0.717, 1.165) is 13.1 Å². The van der Waals surface area contributed by atoms with Crippen LogP contribution in [-0.4, -0.2) is 25.0 Å². The van der Waals surface area contributed by atoms with E-state index in [1.807, 2.05) is 0 Å². The Kier molecular flexibility index (Phi) is 13.6. The molecule has 0 unspecified atom stereocenters. The van der Waals surface area contributed by atoms with E-state index in [4.69, 9.17) is 0 Å². The standard InChI is InChI=1S/C5H13N.C2H5/c1-4-6(3)5-2;1-2/h4-5H2,1-3H3;1H2,2H3. The van der Waals surface area contributed by atoms with Gasteiger partial charge in [0, 0.05) is 0 Å². The first-order chi connectivity index (χ1) is 3.81. The zero-order valence-electron chi connectivity index (χ0n) is 6.57.